The van der Waals surface area contributed by atoms with Gasteiger partial charge in [-0.3, -0.25) is 4.79 Å². The topological polar surface area (TPSA) is 55.6 Å². The Morgan fingerprint density at radius 2 is 2.05 bits per heavy atom. The monoisotopic (exact) mass is 276 g/mol. The molecule has 4 nitrogen and oxygen atoms in total. The van der Waals surface area contributed by atoms with Crippen LogP contribution < -0.4 is 10.5 Å². The van der Waals surface area contributed by atoms with Crippen LogP contribution in [0.1, 0.15) is 24.8 Å². The van der Waals surface area contributed by atoms with E-state index in [1.807, 2.05) is 38.2 Å². The van der Waals surface area contributed by atoms with Crippen LogP contribution in [-0.2, 0) is 4.79 Å². The molecule has 1 amide bonds. The molecule has 1 saturated carbocycles. The van der Waals surface area contributed by atoms with Gasteiger partial charge in [0.15, 0.2) is 0 Å². The zero-order valence-corrected chi connectivity index (χ0v) is 12.3. The lowest BCUT2D eigenvalue weighted by Gasteiger charge is -2.21. The number of nitrogens with zero attached hydrogens (tertiary/aromatic N) is 1. The Hall–Kier alpha value is -1.55. The predicted molar refractivity (Wildman–Crippen MR) is 79.6 cm³/mol. The Bertz CT molecular complexity index is 444. The molecule has 1 aliphatic rings. The Morgan fingerprint density at radius 3 is 2.65 bits per heavy atom. The van der Waals surface area contributed by atoms with Gasteiger partial charge in [-0.1, -0.05) is 17.7 Å². The molecular weight excluding hydrogens is 252 g/mol. The molecule has 0 spiro atoms. The van der Waals surface area contributed by atoms with E-state index in [9.17, 15) is 4.79 Å². The molecule has 2 atom stereocenters. The molecule has 0 bridgehead atoms. The van der Waals surface area contributed by atoms with Crippen LogP contribution in [0.4, 0.5) is 0 Å². The lowest BCUT2D eigenvalue weighted by Crippen LogP contribution is -2.35. The number of hydrogen-bond donors (Lipinski definition) is 1. The second kappa shape index (κ2) is 6.75. The second-order valence-corrected chi connectivity index (χ2v) is 5.69. The van der Waals surface area contributed by atoms with Crippen molar-refractivity contribution in [3.8, 4) is 5.75 Å². The summed E-state index contributed by atoms with van der Waals surface area (Å²) in [6, 6.07) is 8.13. The molecule has 0 radical (unpaired) electrons. The van der Waals surface area contributed by atoms with Crippen molar-refractivity contribution in [2.75, 3.05) is 20.2 Å². The fourth-order valence-corrected chi connectivity index (χ4v) is 2.60. The van der Waals surface area contributed by atoms with E-state index in [-0.39, 0.29) is 17.9 Å². The average Bonchev–Trinajstić information content (AvgIpc) is 2.86. The van der Waals surface area contributed by atoms with Gasteiger partial charge in [0, 0.05) is 19.0 Å². The van der Waals surface area contributed by atoms with E-state index in [4.69, 9.17) is 10.5 Å². The number of carbonyl (C=O) groups excluding carboxylic acids is 1. The van der Waals surface area contributed by atoms with Gasteiger partial charge in [0.2, 0.25) is 5.91 Å². The van der Waals surface area contributed by atoms with Gasteiger partial charge in [-0.15, -0.1) is 0 Å². The fourth-order valence-electron chi connectivity index (χ4n) is 2.60. The van der Waals surface area contributed by atoms with Gasteiger partial charge in [0.1, 0.15) is 12.4 Å². The molecule has 1 aromatic rings. The van der Waals surface area contributed by atoms with E-state index in [0.29, 0.717) is 13.2 Å². The maximum absolute atomic E-state index is 12.2. The molecule has 4 heteroatoms. The summed E-state index contributed by atoms with van der Waals surface area (Å²) in [6.07, 6.45) is 2.70. The number of benzene rings is 1. The molecule has 2 N–H and O–H groups in total. The van der Waals surface area contributed by atoms with E-state index < -0.39 is 0 Å². The van der Waals surface area contributed by atoms with Gasteiger partial charge in [0.25, 0.3) is 0 Å². The van der Waals surface area contributed by atoms with Crippen LogP contribution >= 0.6 is 0 Å². The smallest absolute Gasteiger partial charge is 0.225 e. The van der Waals surface area contributed by atoms with Gasteiger partial charge in [-0.2, -0.15) is 0 Å². The van der Waals surface area contributed by atoms with Crippen molar-refractivity contribution >= 4 is 5.91 Å². The molecule has 110 valence electrons. The van der Waals surface area contributed by atoms with Crippen LogP contribution in [0, 0.1) is 12.8 Å². The second-order valence-electron chi connectivity index (χ2n) is 5.69. The highest BCUT2D eigenvalue weighted by Gasteiger charge is 2.29. The first kappa shape index (κ1) is 14.9. The number of carbonyl (C=O) groups is 1. The number of likely N-dealkylation sites (N-methyl/N-ethyl adjacent to an activating group) is 1. The van der Waals surface area contributed by atoms with Crippen molar-refractivity contribution in [1.82, 2.24) is 4.90 Å². The molecule has 1 aliphatic carbocycles. The van der Waals surface area contributed by atoms with E-state index in [1.165, 1.54) is 5.56 Å². The first-order valence-corrected chi connectivity index (χ1v) is 7.26. The SMILES string of the molecule is Cc1ccc(OCCN(C)C(=O)C2CCC(N)C2)cc1. The average molecular weight is 276 g/mol. The molecule has 2 unspecified atom stereocenters. The molecule has 0 aromatic heterocycles. The fraction of sp³-hybridized carbons (Fsp3) is 0.562. The van der Waals surface area contributed by atoms with Gasteiger partial charge < -0.3 is 15.4 Å². The van der Waals surface area contributed by atoms with Crippen LogP contribution in [0.2, 0.25) is 0 Å². The van der Waals surface area contributed by atoms with E-state index in [1.54, 1.807) is 4.90 Å². The van der Waals surface area contributed by atoms with Gasteiger partial charge in [0.05, 0.1) is 6.54 Å². The Labute approximate surface area is 120 Å². The summed E-state index contributed by atoms with van der Waals surface area (Å²) in [5, 5.41) is 0. The maximum atomic E-state index is 12.2. The number of rotatable bonds is 5. The highest BCUT2D eigenvalue weighted by Crippen LogP contribution is 2.25. The largest absolute Gasteiger partial charge is 0.492 e. The van der Waals surface area contributed by atoms with Gasteiger partial charge in [-0.05, 0) is 38.3 Å². The van der Waals surface area contributed by atoms with Crippen LogP contribution in [0.25, 0.3) is 0 Å². The third-order valence-electron chi connectivity index (χ3n) is 3.92. The third kappa shape index (κ3) is 3.97. The maximum Gasteiger partial charge on any atom is 0.225 e. The molecule has 0 aliphatic heterocycles. The van der Waals surface area contributed by atoms with Gasteiger partial charge >= 0.3 is 0 Å². The molecule has 0 heterocycles. The summed E-state index contributed by atoms with van der Waals surface area (Å²) in [5.74, 6) is 1.15. The first-order chi connectivity index (χ1) is 9.56. The van der Waals surface area contributed by atoms with Crippen molar-refractivity contribution in [3.05, 3.63) is 29.8 Å². The Balaban J connectivity index is 1.73. The first-order valence-electron chi connectivity index (χ1n) is 7.26. The van der Waals surface area contributed by atoms with Crippen LogP contribution in [-0.4, -0.2) is 37.0 Å². The summed E-state index contributed by atoms with van der Waals surface area (Å²) in [5.41, 5.74) is 7.07. The lowest BCUT2D eigenvalue weighted by molar-refractivity contribution is -0.134. The van der Waals surface area contributed by atoms with Crippen LogP contribution in [0.3, 0.4) is 0 Å². The molecule has 20 heavy (non-hydrogen) atoms. The van der Waals surface area contributed by atoms with Crippen LogP contribution in [0.15, 0.2) is 24.3 Å². The predicted octanol–water partition coefficient (Wildman–Crippen LogP) is 1.96. The lowest BCUT2D eigenvalue weighted by atomic mass is 10.1. The number of nitrogens with two attached hydrogens (primary N) is 1. The molecular formula is C16H24N2O2. The minimum atomic E-state index is 0.106. The minimum absolute atomic E-state index is 0.106. The van der Waals surface area contributed by atoms with Crippen molar-refractivity contribution in [1.29, 1.82) is 0 Å². The summed E-state index contributed by atoms with van der Waals surface area (Å²) in [6.45, 7) is 3.17. The zero-order valence-electron chi connectivity index (χ0n) is 12.3. The highest BCUT2D eigenvalue weighted by atomic mass is 16.5. The molecule has 0 saturated heterocycles. The number of hydrogen-bond acceptors (Lipinski definition) is 3. The molecule has 1 fully saturated rings. The van der Waals surface area contributed by atoms with E-state index in [0.717, 1.165) is 25.0 Å². The van der Waals surface area contributed by atoms with Crippen molar-refractivity contribution in [2.45, 2.75) is 32.2 Å². The third-order valence-corrected chi connectivity index (χ3v) is 3.92. The Morgan fingerprint density at radius 1 is 1.35 bits per heavy atom. The summed E-state index contributed by atoms with van der Waals surface area (Å²) in [7, 11) is 1.84. The molecule has 2 rings (SSSR count). The minimum Gasteiger partial charge on any atom is -0.492 e. The summed E-state index contributed by atoms with van der Waals surface area (Å²) >= 11 is 0. The molecule has 1 aromatic carbocycles. The zero-order chi connectivity index (χ0) is 14.5. The van der Waals surface area contributed by atoms with Gasteiger partial charge in [-0.25, -0.2) is 0 Å². The van der Waals surface area contributed by atoms with Crippen LogP contribution in [0.5, 0.6) is 5.75 Å². The highest BCUT2D eigenvalue weighted by molar-refractivity contribution is 5.78. The van der Waals surface area contributed by atoms with Crippen molar-refractivity contribution < 1.29 is 9.53 Å². The van der Waals surface area contributed by atoms with E-state index >= 15 is 0 Å². The number of ether oxygens (including phenoxy) is 1. The number of aryl methyl sites for hydroxylation is 1. The van der Waals surface area contributed by atoms with Crippen molar-refractivity contribution in [3.63, 3.8) is 0 Å². The van der Waals surface area contributed by atoms with E-state index in [2.05, 4.69) is 0 Å². The number of amides is 1. The summed E-state index contributed by atoms with van der Waals surface area (Å²) < 4.78 is 5.65. The quantitative estimate of drug-likeness (QED) is 0.894. The van der Waals surface area contributed by atoms with Crippen molar-refractivity contribution in [2.24, 2.45) is 11.7 Å². The standard InChI is InChI=1S/C16H24N2O2/c1-12-3-7-15(8-4-12)20-10-9-18(2)16(19)13-5-6-14(17)11-13/h3-4,7-8,13-14H,5-6,9-11,17H2,1-2H3. The normalized spacial score (nSPS) is 21.8. The summed E-state index contributed by atoms with van der Waals surface area (Å²) in [4.78, 5) is 14.0. The Kier molecular flexibility index (Phi) is 5.01.